The first kappa shape index (κ1) is 26.2. The van der Waals surface area contributed by atoms with E-state index in [2.05, 4.69) is 170 Å². The normalized spacial score (nSPS) is 13.3. The lowest BCUT2D eigenvalue weighted by Gasteiger charge is -2.31. The summed E-state index contributed by atoms with van der Waals surface area (Å²) in [7, 11) is 0. The summed E-state index contributed by atoms with van der Waals surface area (Å²) in [6.45, 7) is 4.73. The topological polar surface area (TPSA) is 3.24 Å². The van der Waals surface area contributed by atoms with Gasteiger partial charge in [-0.05, 0) is 63.5 Å². The van der Waals surface area contributed by atoms with Crippen LogP contribution in [0.25, 0.3) is 53.2 Å². The fraction of sp³-hybridized carbons (Fsp3) is 0.0698. The van der Waals surface area contributed by atoms with E-state index < -0.39 is 0 Å². The molecule has 0 bridgehead atoms. The van der Waals surface area contributed by atoms with Crippen LogP contribution in [-0.4, -0.2) is 0 Å². The molecule has 0 aliphatic heterocycles. The summed E-state index contributed by atoms with van der Waals surface area (Å²) in [5.41, 5.74) is 11.4. The molecule has 0 fully saturated rings. The van der Waals surface area contributed by atoms with Gasteiger partial charge in [-0.3, -0.25) is 0 Å². The van der Waals surface area contributed by atoms with E-state index in [0.717, 1.165) is 5.69 Å². The predicted molar refractivity (Wildman–Crippen MR) is 195 cm³/mol. The van der Waals surface area contributed by atoms with E-state index in [1.54, 1.807) is 0 Å². The molecule has 0 amide bonds. The summed E-state index contributed by atoms with van der Waals surface area (Å²) in [5, 5.41) is 5.17. The quantitative estimate of drug-likeness (QED) is 0.196. The lowest BCUT2D eigenvalue weighted by atomic mass is 9.82. The Hall–Kier alpha value is -5.18. The third kappa shape index (κ3) is 3.86. The lowest BCUT2D eigenvalue weighted by molar-refractivity contribution is 0.660. The molecule has 0 N–H and O–H groups in total. The van der Waals surface area contributed by atoms with Crippen molar-refractivity contribution in [2.24, 2.45) is 0 Å². The zero-order valence-electron chi connectivity index (χ0n) is 25.3. The van der Waals surface area contributed by atoms with Crippen molar-refractivity contribution < 1.29 is 0 Å². The predicted octanol–water partition coefficient (Wildman–Crippen LogP) is 12.7. The van der Waals surface area contributed by atoms with Gasteiger partial charge in [0.25, 0.3) is 0 Å². The molecule has 214 valence electrons. The lowest BCUT2D eigenvalue weighted by Crippen LogP contribution is -2.17. The molecule has 8 aromatic rings. The molecule has 1 aliphatic rings. The summed E-state index contributed by atoms with van der Waals surface area (Å²) in [5.74, 6) is 0. The minimum absolute atomic E-state index is 0.0969. The van der Waals surface area contributed by atoms with Crippen LogP contribution in [0.4, 0.5) is 17.1 Å². The Labute approximate surface area is 267 Å². The minimum atomic E-state index is -0.0969. The molecule has 1 heterocycles. The summed E-state index contributed by atoms with van der Waals surface area (Å²) < 4.78 is 2.64. The van der Waals surface area contributed by atoms with E-state index in [4.69, 9.17) is 0 Å². The number of anilines is 3. The number of para-hydroxylation sites is 1. The number of nitrogens with zero attached hydrogens (tertiary/aromatic N) is 1. The number of benzene rings is 7. The Balaban J connectivity index is 1.45. The molecule has 0 saturated heterocycles. The van der Waals surface area contributed by atoms with E-state index in [9.17, 15) is 0 Å². The Morgan fingerprint density at radius 1 is 0.511 bits per heavy atom. The van der Waals surface area contributed by atoms with Gasteiger partial charge in [-0.2, -0.15) is 0 Å². The van der Waals surface area contributed by atoms with Crippen LogP contribution in [0.3, 0.4) is 0 Å². The average Bonchev–Trinajstić information content (AvgIpc) is 3.59. The van der Waals surface area contributed by atoms with E-state index in [1.165, 1.54) is 75.7 Å². The van der Waals surface area contributed by atoms with Gasteiger partial charge in [-0.25, -0.2) is 0 Å². The molecule has 0 unspecified atom stereocenters. The molecule has 1 aliphatic carbocycles. The summed E-state index contributed by atoms with van der Waals surface area (Å²) >= 11 is 1.90. The molecule has 1 nitrogen and oxygen atoms in total. The van der Waals surface area contributed by atoms with Crippen LogP contribution in [0.5, 0.6) is 0 Å². The van der Waals surface area contributed by atoms with Gasteiger partial charge >= 0.3 is 0 Å². The van der Waals surface area contributed by atoms with Gasteiger partial charge < -0.3 is 4.90 Å². The van der Waals surface area contributed by atoms with E-state index in [1.807, 2.05) is 11.3 Å². The molecule has 0 spiro atoms. The maximum Gasteiger partial charge on any atom is 0.0639 e. The molecule has 0 saturated carbocycles. The van der Waals surface area contributed by atoms with Crippen molar-refractivity contribution in [2.45, 2.75) is 19.3 Å². The van der Waals surface area contributed by atoms with Gasteiger partial charge in [-0.1, -0.05) is 135 Å². The third-order valence-corrected chi connectivity index (χ3v) is 10.8. The molecular formula is C43H31NS. The van der Waals surface area contributed by atoms with Crippen LogP contribution in [0.15, 0.2) is 152 Å². The van der Waals surface area contributed by atoms with Crippen molar-refractivity contribution >= 4 is 59.3 Å². The first-order valence-electron chi connectivity index (χ1n) is 15.6. The molecule has 0 atom stereocenters. The molecule has 0 radical (unpaired) electrons. The Kier molecular flexibility index (Phi) is 5.78. The second-order valence-corrected chi connectivity index (χ2v) is 13.6. The maximum absolute atomic E-state index is 2.52. The van der Waals surface area contributed by atoms with Crippen molar-refractivity contribution in [1.29, 1.82) is 0 Å². The van der Waals surface area contributed by atoms with Gasteiger partial charge in [-0.15, -0.1) is 11.3 Å². The first-order valence-corrected chi connectivity index (χ1v) is 16.4. The van der Waals surface area contributed by atoms with Gasteiger partial charge in [0.1, 0.15) is 0 Å². The highest BCUT2D eigenvalue weighted by atomic mass is 32.1. The summed E-state index contributed by atoms with van der Waals surface area (Å²) in [6.07, 6.45) is 0. The molecular weight excluding hydrogens is 563 g/mol. The van der Waals surface area contributed by atoms with Crippen molar-refractivity contribution in [1.82, 2.24) is 0 Å². The van der Waals surface area contributed by atoms with Crippen molar-refractivity contribution in [3.05, 3.63) is 163 Å². The van der Waals surface area contributed by atoms with Crippen LogP contribution in [0.2, 0.25) is 0 Å². The number of fused-ring (bicyclic) bond motifs is 8. The highest BCUT2D eigenvalue weighted by Crippen LogP contribution is 2.55. The number of rotatable bonds is 4. The number of hydrogen-bond donors (Lipinski definition) is 0. The second kappa shape index (κ2) is 9.92. The van der Waals surface area contributed by atoms with E-state index in [-0.39, 0.29) is 5.41 Å². The van der Waals surface area contributed by atoms with Crippen LogP contribution >= 0.6 is 11.3 Å². The number of hydrogen-bond acceptors (Lipinski definition) is 2. The smallest absolute Gasteiger partial charge is 0.0639 e. The highest BCUT2D eigenvalue weighted by Gasteiger charge is 2.36. The maximum atomic E-state index is 2.52. The molecule has 7 aromatic carbocycles. The zero-order valence-corrected chi connectivity index (χ0v) is 26.1. The van der Waals surface area contributed by atoms with Crippen LogP contribution < -0.4 is 4.90 Å². The second-order valence-electron chi connectivity index (χ2n) is 12.5. The van der Waals surface area contributed by atoms with Crippen LogP contribution in [0, 0.1) is 0 Å². The Bertz CT molecular complexity index is 2400. The van der Waals surface area contributed by atoms with Gasteiger partial charge in [0.15, 0.2) is 0 Å². The zero-order chi connectivity index (χ0) is 30.1. The number of thiophene rings is 1. The first-order chi connectivity index (χ1) is 22.1. The van der Waals surface area contributed by atoms with Crippen LogP contribution in [-0.2, 0) is 5.41 Å². The average molecular weight is 594 g/mol. The van der Waals surface area contributed by atoms with Gasteiger partial charge in [0.05, 0.1) is 5.69 Å². The molecule has 9 rings (SSSR count). The van der Waals surface area contributed by atoms with Crippen molar-refractivity contribution in [3.8, 4) is 22.3 Å². The fourth-order valence-corrected chi connectivity index (χ4v) is 8.80. The summed E-state index contributed by atoms with van der Waals surface area (Å²) in [4.78, 5) is 2.52. The standard InChI is InChI=1S/C43H31NS/c1-43(2)36-23-13-11-19-31(36)32-26-25-30(27-37(32)43)44(29-17-7-4-8-18-29)41-39(28-15-5-3-6-16-28)33-20-9-10-21-34(33)42-40(41)35-22-12-14-24-38(35)45-42/h3-27H,1-2H3. The van der Waals surface area contributed by atoms with Gasteiger partial charge in [0.2, 0.25) is 0 Å². The van der Waals surface area contributed by atoms with Crippen molar-refractivity contribution in [3.63, 3.8) is 0 Å². The summed E-state index contributed by atoms with van der Waals surface area (Å²) in [6, 6.07) is 55.7. The SMILES string of the molecule is CC1(C)c2ccccc2-c2ccc(N(c3ccccc3)c3c(-c4ccccc4)c4ccccc4c4sc5ccccc5c34)cc21. The molecule has 1 aromatic heterocycles. The minimum Gasteiger partial charge on any atom is -0.309 e. The Morgan fingerprint density at radius 3 is 1.93 bits per heavy atom. The monoisotopic (exact) mass is 593 g/mol. The fourth-order valence-electron chi connectivity index (χ4n) is 7.56. The largest absolute Gasteiger partial charge is 0.309 e. The van der Waals surface area contributed by atoms with Gasteiger partial charge in [0, 0.05) is 47.9 Å². The molecule has 2 heteroatoms. The van der Waals surface area contributed by atoms with E-state index in [0.29, 0.717) is 0 Å². The Morgan fingerprint density at radius 2 is 1.13 bits per heavy atom. The highest BCUT2D eigenvalue weighted by molar-refractivity contribution is 7.26. The third-order valence-electron chi connectivity index (χ3n) is 9.64. The molecule has 45 heavy (non-hydrogen) atoms. The van der Waals surface area contributed by atoms with E-state index >= 15 is 0 Å². The van der Waals surface area contributed by atoms with Crippen LogP contribution in [0.1, 0.15) is 25.0 Å². The van der Waals surface area contributed by atoms with Crippen molar-refractivity contribution in [2.75, 3.05) is 4.90 Å².